The van der Waals surface area contributed by atoms with Gasteiger partial charge in [-0.1, -0.05) is 6.07 Å². The summed E-state index contributed by atoms with van der Waals surface area (Å²) in [6, 6.07) is 6.01. The van der Waals surface area contributed by atoms with Gasteiger partial charge in [0.25, 0.3) is 0 Å². The van der Waals surface area contributed by atoms with Crippen LogP contribution in [-0.4, -0.2) is 17.0 Å². The Morgan fingerprint density at radius 2 is 2.07 bits per heavy atom. The maximum atomic E-state index is 5.79. The number of hydrogen-bond acceptors (Lipinski definition) is 3. The number of rotatable bonds is 1. The van der Waals surface area contributed by atoms with Gasteiger partial charge in [-0.3, -0.25) is 0 Å². The predicted octanol–water partition coefficient (Wildman–Crippen LogP) is 2.63. The van der Waals surface area contributed by atoms with Gasteiger partial charge in [-0.2, -0.15) is 0 Å². The summed E-state index contributed by atoms with van der Waals surface area (Å²) in [5.74, 6) is 0.764. The molecule has 1 aromatic heterocycles. The average molecular weight is 208 g/mol. The Balaban J connectivity index is 2.81. The molecule has 1 aromatic carbocycles. The van der Waals surface area contributed by atoms with Gasteiger partial charge >= 0.3 is 0 Å². The van der Waals surface area contributed by atoms with Gasteiger partial charge in [-0.25, -0.2) is 9.97 Å². The Morgan fingerprint density at radius 1 is 1.29 bits per heavy atom. The first-order chi connectivity index (χ1) is 6.70. The fourth-order valence-corrected chi connectivity index (χ4v) is 1.58. The third-order valence-electron chi connectivity index (χ3n) is 2.06. The van der Waals surface area contributed by atoms with E-state index in [1.807, 2.05) is 32.2 Å². The van der Waals surface area contributed by atoms with Gasteiger partial charge in [0.15, 0.2) is 0 Å². The minimum atomic E-state index is 0.271. The van der Waals surface area contributed by atoms with Crippen molar-refractivity contribution in [2.75, 3.05) is 12.4 Å². The summed E-state index contributed by atoms with van der Waals surface area (Å²) in [4.78, 5) is 8.25. The molecule has 0 aliphatic heterocycles. The van der Waals surface area contributed by atoms with Gasteiger partial charge in [-0.05, 0) is 36.2 Å². The molecule has 0 bridgehead atoms. The predicted molar refractivity (Wildman–Crippen MR) is 58.8 cm³/mol. The van der Waals surface area contributed by atoms with Crippen LogP contribution in [0, 0.1) is 6.92 Å². The number of nitrogens with one attached hydrogen (secondary N) is 1. The number of benzene rings is 1. The minimum absolute atomic E-state index is 0.271. The number of halogens is 1. The summed E-state index contributed by atoms with van der Waals surface area (Å²) in [5, 5.41) is 4.25. The van der Waals surface area contributed by atoms with E-state index in [1.54, 1.807) is 0 Å². The minimum Gasteiger partial charge on any atom is -0.372 e. The van der Waals surface area contributed by atoms with Crippen LogP contribution < -0.4 is 5.32 Å². The van der Waals surface area contributed by atoms with E-state index in [2.05, 4.69) is 15.3 Å². The number of fused-ring (bicyclic) bond motifs is 1. The smallest absolute Gasteiger partial charge is 0.224 e. The number of anilines is 1. The van der Waals surface area contributed by atoms with Crippen LogP contribution in [0.15, 0.2) is 18.2 Å². The SMILES string of the molecule is CNc1nc(Cl)nc2cc(C)ccc12. The largest absolute Gasteiger partial charge is 0.372 e. The molecule has 3 nitrogen and oxygen atoms in total. The Kier molecular flexibility index (Phi) is 2.25. The molecule has 0 saturated carbocycles. The van der Waals surface area contributed by atoms with Crippen molar-refractivity contribution in [3.05, 3.63) is 29.0 Å². The first kappa shape index (κ1) is 9.21. The highest BCUT2D eigenvalue weighted by Crippen LogP contribution is 2.22. The van der Waals surface area contributed by atoms with Crippen LogP contribution in [0.3, 0.4) is 0 Å². The van der Waals surface area contributed by atoms with E-state index in [0.717, 1.165) is 22.3 Å². The molecule has 2 rings (SSSR count). The fourth-order valence-electron chi connectivity index (χ4n) is 1.40. The molecule has 4 heteroatoms. The number of nitrogens with zero attached hydrogens (tertiary/aromatic N) is 2. The van der Waals surface area contributed by atoms with Gasteiger partial charge in [0.05, 0.1) is 5.52 Å². The van der Waals surface area contributed by atoms with E-state index in [4.69, 9.17) is 11.6 Å². The zero-order valence-corrected chi connectivity index (χ0v) is 8.76. The normalized spacial score (nSPS) is 10.5. The maximum Gasteiger partial charge on any atom is 0.224 e. The monoisotopic (exact) mass is 207 g/mol. The molecular weight excluding hydrogens is 198 g/mol. The Hall–Kier alpha value is -1.35. The highest BCUT2D eigenvalue weighted by Gasteiger charge is 2.04. The molecule has 1 N–H and O–H groups in total. The van der Waals surface area contributed by atoms with Crippen LogP contribution >= 0.6 is 11.6 Å². The van der Waals surface area contributed by atoms with Crippen molar-refractivity contribution in [3.63, 3.8) is 0 Å². The number of aryl methyl sites for hydroxylation is 1. The van der Waals surface area contributed by atoms with Crippen LogP contribution in [0.25, 0.3) is 10.9 Å². The standard InChI is InChI=1S/C10H10ClN3/c1-6-3-4-7-8(5-6)13-10(11)14-9(7)12-2/h3-5H,1-2H3,(H,12,13,14). The maximum absolute atomic E-state index is 5.79. The molecule has 0 aliphatic carbocycles. The van der Waals surface area contributed by atoms with Crippen molar-refractivity contribution < 1.29 is 0 Å². The molecule has 0 radical (unpaired) electrons. The van der Waals surface area contributed by atoms with Crippen molar-refractivity contribution in [2.45, 2.75) is 6.92 Å². The molecule has 0 amide bonds. The van der Waals surface area contributed by atoms with Crippen LogP contribution in [0.4, 0.5) is 5.82 Å². The Morgan fingerprint density at radius 3 is 2.79 bits per heavy atom. The summed E-state index contributed by atoms with van der Waals surface area (Å²) in [6.07, 6.45) is 0. The van der Waals surface area contributed by atoms with Crippen molar-refractivity contribution in [3.8, 4) is 0 Å². The molecule has 14 heavy (non-hydrogen) atoms. The second-order valence-corrected chi connectivity index (χ2v) is 3.45. The molecule has 0 saturated heterocycles. The highest BCUT2D eigenvalue weighted by atomic mass is 35.5. The molecular formula is C10H10ClN3. The molecule has 0 fully saturated rings. The lowest BCUT2D eigenvalue weighted by Crippen LogP contribution is -1.96. The van der Waals surface area contributed by atoms with Crippen LogP contribution in [0.5, 0.6) is 0 Å². The Bertz CT molecular complexity index is 477. The van der Waals surface area contributed by atoms with E-state index in [0.29, 0.717) is 0 Å². The van der Waals surface area contributed by atoms with Crippen molar-refractivity contribution in [2.24, 2.45) is 0 Å². The van der Waals surface area contributed by atoms with Gasteiger partial charge in [0.2, 0.25) is 5.28 Å². The highest BCUT2D eigenvalue weighted by molar-refractivity contribution is 6.28. The lowest BCUT2D eigenvalue weighted by Gasteiger charge is -2.05. The molecule has 1 heterocycles. The molecule has 72 valence electrons. The topological polar surface area (TPSA) is 37.8 Å². The third-order valence-corrected chi connectivity index (χ3v) is 2.23. The van der Waals surface area contributed by atoms with Gasteiger partial charge in [0.1, 0.15) is 5.82 Å². The molecule has 0 atom stereocenters. The zero-order chi connectivity index (χ0) is 10.1. The molecule has 0 spiro atoms. The van der Waals surface area contributed by atoms with Gasteiger partial charge < -0.3 is 5.32 Å². The second-order valence-electron chi connectivity index (χ2n) is 3.11. The summed E-state index contributed by atoms with van der Waals surface area (Å²) < 4.78 is 0. The fraction of sp³-hybridized carbons (Fsp3) is 0.200. The van der Waals surface area contributed by atoms with Gasteiger partial charge in [-0.15, -0.1) is 0 Å². The average Bonchev–Trinajstić information content (AvgIpc) is 2.15. The number of hydrogen-bond donors (Lipinski definition) is 1. The Labute approximate surface area is 87.1 Å². The van der Waals surface area contributed by atoms with Gasteiger partial charge in [0, 0.05) is 12.4 Å². The lowest BCUT2D eigenvalue weighted by atomic mass is 10.1. The zero-order valence-electron chi connectivity index (χ0n) is 8.00. The van der Waals surface area contributed by atoms with Crippen molar-refractivity contribution in [1.29, 1.82) is 0 Å². The lowest BCUT2D eigenvalue weighted by molar-refractivity contribution is 1.21. The van der Waals surface area contributed by atoms with E-state index in [9.17, 15) is 0 Å². The first-order valence-corrected chi connectivity index (χ1v) is 4.70. The number of aromatic nitrogens is 2. The third kappa shape index (κ3) is 1.51. The second kappa shape index (κ2) is 3.42. The molecule has 0 unspecified atom stereocenters. The van der Waals surface area contributed by atoms with Crippen molar-refractivity contribution >= 4 is 28.3 Å². The molecule has 0 aliphatic rings. The van der Waals surface area contributed by atoms with Crippen molar-refractivity contribution in [1.82, 2.24) is 9.97 Å². The van der Waals surface area contributed by atoms with E-state index < -0.39 is 0 Å². The quantitative estimate of drug-likeness (QED) is 0.731. The van der Waals surface area contributed by atoms with E-state index in [-0.39, 0.29) is 5.28 Å². The van der Waals surface area contributed by atoms with Crippen LogP contribution in [0.1, 0.15) is 5.56 Å². The van der Waals surface area contributed by atoms with Crippen LogP contribution in [-0.2, 0) is 0 Å². The summed E-state index contributed by atoms with van der Waals surface area (Å²) in [7, 11) is 1.82. The van der Waals surface area contributed by atoms with E-state index >= 15 is 0 Å². The van der Waals surface area contributed by atoms with E-state index in [1.165, 1.54) is 0 Å². The van der Waals surface area contributed by atoms with Crippen LogP contribution in [0.2, 0.25) is 5.28 Å². The molecule has 2 aromatic rings. The summed E-state index contributed by atoms with van der Waals surface area (Å²) >= 11 is 5.79. The first-order valence-electron chi connectivity index (χ1n) is 4.32. The summed E-state index contributed by atoms with van der Waals surface area (Å²) in [5.41, 5.74) is 2.03. The summed E-state index contributed by atoms with van der Waals surface area (Å²) in [6.45, 7) is 2.02.